The van der Waals surface area contributed by atoms with Crippen molar-refractivity contribution in [3.63, 3.8) is 0 Å². The van der Waals surface area contributed by atoms with Crippen LogP contribution in [0, 0.1) is 5.82 Å². The van der Waals surface area contributed by atoms with Crippen LogP contribution in [0.25, 0.3) is 0 Å². The summed E-state index contributed by atoms with van der Waals surface area (Å²) in [5.41, 5.74) is 0.393. The second-order valence-corrected chi connectivity index (χ2v) is 7.91. The van der Waals surface area contributed by atoms with Gasteiger partial charge in [-0.1, -0.05) is 0 Å². The van der Waals surface area contributed by atoms with Gasteiger partial charge in [0.15, 0.2) is 0 Å². The van der Waals surface area contributed by atoms with E-state index in [1.165, 1.54) is 34.6 Å². The van der Waals surface area contributed by atoms with Crippen molar-refractivity contribution >= 4 is 33.0 Å². The van der Waals surface area contributed by atoms with Crippen molar-refractivity contribution in [2.24, 2.45) is 0 Å². The number of nitrogens with one attached hydrogen (secondary N) is 1. The number of thiophene rings is 1. The number of nitrogens with zero attached hydrogens (tertiary/aromatic N) is 1. The molecule has 2 aromatic rings. The van der Waals surface area contributed by atoms with E-state index in [0.717, 1.165) is 11.3 Å². The number of sulfonamides is 1. The van der Waals surface area contributed by atoms with Gasteiger partial charge in [-0.05, 0) is 35.7 Å². The molecule has 2 heterocycles. The molecule has 0 saturated carbocycles. The van der Waals surface area contributed by atoms with Crippen LogP contribution in [0.1, 0.15) is 9.67 Å². The van der Waals surface area contributed by atoms with Crippen LogP contribution in [-0.2, 0) is 14.8 Å². The molecule has 24 heavy (non-hydrogen) atoms. The van der Waals surface area contributed by atoms with E-state index < -0.39 is 21.7 Å². The Hall–Kier alpha value is -1.81. The molecule has 1 amide bonds. The summed E-state index contributed by atoms with van der Waals surface area (Å²) in [5.74, 6) is -0.955. The summed E-state index contributed by atoms with van der Waals surface area (Å²) in [6, 6.07) is 6.69. The summed E-state index contributed by atoms with van der Waals surface area (Å²) < 4.78 is 44.8. The van der Waals surface area contributed by atoms with Gasteiger partial charge in [-0.2, -0.15) is 4.31 Å². The molecule has 0 unspecified atom stereocenters. The fourth-order valence-electron chi connectivity index (χ4n) is 2.31. The smallest absolute Gasteiger partial charge is 0.267 e. The second kappa shape index (κ2) is 6.98. The lowest BCUT2D eigenvalue weighted by Gasteiger charge is -2.26. The van der Waals surface area contributed by atoms with E-state index in [9.17, 15) is 17.6 Å². The van der Waals surface area contributed by atoms with Crippen molar-refractivity contribution in [2.45, 2.75) is 4.90 Å². The minimum absolute atomic E-state index is 0.0194. The predicted octanol–water partition coefficient (Wildman–Crippen LogP) is 2.16. The first-order chi connectivity index (χ1) is 11.5. The predicted molar refractivity (Wildman–Crippen MR) is 88.3 cm³/mol. The van der Waals surface area contributed by atoms with Gasteiger partial charge in [0, 0.05) is 18.8 Å². The van der Waals surface area contributed by atoms with Gasteiger partial charge in [-0.15, -0.1) is 11.3 Å². The number of anilines is 1. The molecule has 9 heteroatoms. The van der Waals surface area contributed by atoms with E-state index in [0.29, 0.717) is 18.9 Å². The molecule has 1 saturated heterocycles. The molecule has 1 aliphatic rings. The standard InChI is InChI=1S/C15H15FN2O4S2/c16-11-1-3-12(4-2-11)17-15(19)14-13(5-10-23-14)24(20,21)18-6-8-22-9-7-18/h1-5,10H,6-9H2,(H,17,19). The average molecular weight is 370 g/mol. The number of morpholine rings is 1. The highest BCUT2D eigenvalue weighted by atomic mass is 32.2. The second-order valence-electron chi connectivity index (χ2n) is 5.09. The minimum atomic E-state index is -3.75. The molecule has 1 aromatic heterocycles. The molecule has 6 nitrogen and oxygen atoms in total. The number of rotatable bonds is 4. The first-order valence-corrected chi connectivity index (χ1v) is 9.53. The normalized spacial score (nSPS) is 16.0. The molecule has 0 radical (unpaired) electrons. The molecule has 1 aromatic carbocycles. The molecule has 0 bridgehead atoms. The van der Waals surface area contributed by atoms with Crippen molar-refractivity contribution in [3.05, 3.63) is 46.4 Å². The van der Waals surface area contributed by atoms with Gasteiger partial charge in [0.2, 0.25) is 10.0 Å². The van der Waals surface area contributed by atoms with Crippen molar-refractivity contribution in [2.75, 3.05) is 31.6 Å². The Morgan fingerprint density at radius 2 is 1.83 bits per heavy atom. The Morgan fingerprint density at radius 3 is 2.50 bits per heavy atom. The summed E-state index contributed by atoms with van der Waals surface area (Å²) in [6.07, 6.45) is 0. The fraction of sp³-hybridized carbons (Fsp3) is 0.267. The van der Waals surface area contributed by atoms with E-state index in [1.807, 2.05) is 0 Å². The van der Waals surface area contributed by atoms with Crippen molar-refractivity contribution in [1.29, 1.82) is 0 Å². The number of hydrogen-bond acceptors (Lipinski definition) is 5. The Morgan fingerprint density at radius 1 is 1.17 bits per heavy atom. The largest absolute Gasteiger partial charge is 0.379 e. The maximum Gasteiger partial charge on any atom is 0.267 e. The summed E-state index contributed by atoms with van der Waals surface area (Å²) in [6.45, 7) is 1.19. The zero-order valence-corrected chi connectivity index (χ0v) is 14.2. The SMILES string of the molecule is O=C(Nc1ccc(F)cc1)c1sccc1S(=O)(=O)N1CCOCC1. The topological polar surface area (TPSA) is 75.7 Å². The first kappa shape index (κ1) is 17.0. The maximum absolute atomic E-state index is 12.9. The lowest BCUT2D eigenvalue weighted by atomic mass is 10.3. The third-order valence-electron chi connectivity index (χ3n) is 3.53. The molecule has 0 aliphatic carbocycles. The van der Waals surface area contributed by atoms with Gasteiger partial charge in [0.25, 0.3) is 5.91 Å². The van der Waals surface area contributed by atoms with E-state index in [4.69, 9.17) is 4.74 Å². The highest BCUT2D eigenvalue weighted by molar-refractivity contribution is 7.89. The summed E-state index contributed by atoms with van der Waals surface area (Å²) in [5, 5.41) is 4.15. The van der Waals surface area contributed by atoms with Crippen LogP contribution in [0.4, 0.5) is 10.1 Å². The van der Waals surface area contributed by atoms with Gasteiger partial charge >= 0.3 is 0 Å². The van der Waals surface area contributed by atoms with Crippen LogP contribution in [0.2, 0.25) is 0 Å². The summed E-state index contributed by atoms with van der Waals surface area (Å²) >= 11 is 1.05. The third kappa shape index (κ3) is 3.48. The van der Waals surface area contributed by atoms with Crippen molar-refractivity contribution in [3.8, 4) is 0 Å². The van der Waals surface area contributed by atoms with Crippen LogP contribution < -0.4 is 5.32 Å². The van der Waals surface area contributed by atoms with Crippen molar-refractivity contribution in [1.82, 2.24) is 4.31 Å². The number of hydrogen-bond donors (Lipinski definition) is 1. The quantitative estimate of drug-likeness (QED) is 0.895. The van der Waals surface area contributed by atoms with E-state index in [2.05, 4.69) is 5.32 Å². The molecule has 0 spiro atoms. The Balaban J connectivity index is 1.84. The highest BCUT2D eigenvalue weighted by Gasteiger charge is 2.31. The fourth-order valence-corrected chi connectivity index (χ4v) is 5.02. The molecular weight excluding hydrogens is 355 g/mol. The maximum atomic E-state index is 12.9. The van der Waals surface area contributed by atoms with Gasteiger partial charge in [0.1, 0.15) is 15.6 Å². The molecule has 1 N–H and O–H groups in total. The zero-order valence-electron chi connectivity index (χ0n) is 12.6. The zero-order chi connectivity index (χ0) is 17.2. The van der Waals surface area contributed by atoms with E-state index in [1.54, 1.807) is 5.38 Å². The molecule has 3 rings (SSSR count). The van der Waals surface area contributed by atoms with Crippen LogP contribution in [0.3, 0.4) is 0 Å². The first-order valence-electron chi connectivity index (χ1n) is 7.21. The van der Waals surface area contributed by atoms with Crippen LogP contribution >= 0.6 is 11.3 Å². The monoisotopic (exact) mass is 370 g/mol. The number of halogens is 1. The number of carbonyl (C=O) groups excluding carboxylic acids is 1. The van der Waals surface area contributed by atoms with Crippen LogP contribution in [0.15, 0.2) is 40.6 Å². The number of amides is 1. The van der Waals surface area contributed by atoms with Crippen LogP contribution in [0.5, 0.6) is 0 Å². The minimum Gasteiger partial charge on any atom is -0.379 e. The van der Waals surface area contributed by atoms with E-state index >= 15 is 0 Å². The lowest BCUT2D eigenvalue weighted by molar-refractivity contribution is 0.0730. The molecule has 128 valence electrons. The van der Waals surface area contributed by atoms with Crippen LogP contribution in [-0.4, -0.2) is 44.9 Å². The summed E-state index contributed by atoms with van der Waals surface area (Å²) in [4.78, 5) is 12.5. The molecule has 0 atom stereocenters. The van der Waals surface area contributed by atoms with Crippen molar-refractivity contribution < 1.29 is 22.3 Å². The van der Waals surface area contributed by atoms with Gasteiger partial charge in [0.05, 0.1) is 13.2 Å². The Bertz CT molecular complexity index is 827. The Labute approximate surface area is 142 Å². The lowest BCUT2D eigenvalue weighted by Crippen LogP contribution is -2.41. The summed E-state index contributed by atoms with van der Waals surface area (Å²) in [7, 11) is -3.75. The van der Waals surface area contributed by atoms with Gasteiger partial charge < -0.3 is 10.1 Å². The molecular formula is C15H15FN2O4S2. The van der Waals surface area contributed by atoms with E-state index in [-0.39, 0.29) is 22.9 Å². The number of ether oxygens (including phenoxy) is 1. The van der Waals surface area contributed by atoms with Gasteiger partial charge in [-0.25, -0.2) is 12.8 Å². The van der Waals surface area contributed by atoms with Gasteiger partial charge in [-0.3, -0.25) is 4.79 Å². The third-order valence-corrected chi connectivity index (χ3v) is 6.51. The number of carbonyl (C=O) groups is 1. The molecule has 1 fully saturated rings. The average Bonchev–Trinajstić information content (AvgIpc) is 3.08. The Kier molecular flexibility index (Phi) is 4.95. The highest BCUT2D eigenvalue weighted by Crippen LogP contribution is 2.26. The molecule has 1 aliphatic heterocycles. The number of benzene rings is 1.